The Morgan fingerprint density at radius 2 is 2.12 bits per heavy atom. The second-order valence-corrected chi connectivity index (χ2v) is 7.22. The van der Waals surface area contributed by atoms with Crippen molar-refractivity contribution in [3.63, 3.8) is 0 Å². The zero-order valence-corrected chi connectivity index (χ0v) is 15.3. The fourth-order valence-electron chi connectivity index (χ4n) is 3.77. The molecule has 3 atom stereocenters. The van der Waals surface area contributed by atoms with E-state index in [1.54, 1.807) is 0 Å². The summed E-state index contributed by atoms with van der Waals surface area (Å²) >= 11 is 0. The van der Waals surface area contributed by atoms with E-state index >= 15 is 0 Å². The van der Waals surface area contributed by atoms with Gasteiger partial charge in [0.1, 0.15) is 13.2 Å². The highest BCUT2D eigenvalue weighted by Gasteiger charge is 2.23. The van der Waals surface area contributed by atoms with Crippen molar-refractivity contribution in [1.82, 2.24) is 10.6 Å². The van der Waals surface area contributed by atoms with Gasteiger partial charge in [-0.1, -0.05) is 19.9 Å². The number of benzene rings is 1. The number of hydrogen-bond acceptors (Lipinski definition) is 4. The Hall–Kier alpha value is -1.75. The Balaban J connectivity index is 1.58. The van der Waals surface area contributed by atoms with Gasteiger partial charge in [-0.25, -0.2) is 0 Å². The first kappa shape index (κ1) is 18.1. The molecule has 1 saturated heterocycles. The molecule has 5 nitrogen and oxygen atoms in total. The van der Waals surface area contributed by atoms with Crippen LogP contribution in [-0.2, 0) is 4.79 Å². The Kier molecular flexibility index (Phi) is 6.19. The normalized spacial score (nSPS) is 22.1. The molecule has 138 valence electrons. The maximum Gasteiger partial charge on any atom is 0.220 e. The second kappa shape index (κ2) is 8.56. The van der Waals surface area contributed by atoms with E-state index in [0.717, 1.165) is 36.6 Å². The molecule has 3 rings (SSSR count). The Morgan fingerprint density at radius 1 is 1.32 bits per heavy atom. The van der Waals surface area contributed by atoms with Crippen LogP contribution in [0.1, 0.15) is 51.1 Å². The van der Waals surface area contributed by atoms with E-state index in [4.69, 9.17) is 9.47 Å². The highest BCUT2D eigenvalue weighted by atomic mass is 16.6. The molecule has 0 radical (unpaired) electrons. The van der Waals surface area contributed by atoms with Crippen LogP contribution in [0.5, 0.6) is 11.5 Å². The summed E-state index contributed by atoms with van der Waals surface area (Å²) < 4.78 is 11.2. The fourth-order valence-corrected chi connectivity index (χ4v) is 3.77. The number of hydrogen-bond donors (Lipinski definition) is 2. The SMILES string of the molecule is CC[C@H](NC(=O)C[C@@H](C)[C@@H]1CCCNC1)c1ccc2c(c1)OCCO2. The van der Waals surface area contributed by atoms with Gasteiger partial charge in [0.25, 0.3) is 0 Å². The average molecular weight is 346 g/mol. The van der Waals surface area contributed by atoms with Gasteiger partial charge in [-0.15, -0.1) is 0 Å². The van der Waals surface area contributed by atoms with Crippen LogP contribution in [-0.4, -0.2) is 32.2 Å². The van der Waals surface area contributed by atoms with Crippen molar-refractivity contribution in [3.8, 4) is 11.5 Å². The Bertz CT molecular complexity index is 584. The molecule has 2 aliphatic rings. The third-order valence-electron chi connectivity index (χ3n) is 5.36. The first-order valence-corrected chi connectivity index (χ1v) is 9.57. The smallest absolute Gasteiger partial charge is 0.220 e. The number of piperidine rings is 1. The van der Waals surface area contributed by atoms with Crippen LogP contribution in [0.15, 0.2) is 18.2 Å². The molecule has 1 aromatic rings. The molecule has 2 aliphatic heterocycles. The van der Waals surface area contributed by atoms with E-state index in [1.807, 2.05) is 18.2 Å². The molecule has 5 heteroatoms. The van der Waals surface area contributed by atoms with Crippen molar-refractivity contribution in [3.05, 3.63) is 23.8 Å². The van der Waals surface area contributed by atoms with E-state index in [-0.39, 0.29) is 11.9 Å². The van der Waals surface area contributed by atoms with Gasteiger partial charge in [0, 0.05) is 6.42 Å². The number of rotatable bonds is 6. The molecule has 1 amide bonds. The molecule has 2 N–H and O–H groups in total. The maximum absolute atomic E-state index is 12.5. The van der Waals surface area contributed by atoms with E-state index in [0.29, 0.717) is 31.5 Å². The van der Waals surface area contributed by atoms with Crippen molar-refractivity contribution in [1.29, 1.82) is 0 Å². The predicted molar refractivity (Wildman–Crippen MR) is 98.0 cm³/mol. The molecule has 25 heavy (non-hydrogen) atoms. The summed E-state index contributed by atoms with van der Waals surface area (Å²) in [5.74, 6) is 2.71. The van der Waals surface area contributed by atoms with Crippen molar-refractivity contribution < 1.29 is 14.3 Å². The highest BCUT2D eigenvalue weighted by molar-refractivity contribution is 5.76. The van der Waals surface area contributed by atoms with E-state index in [2.05, 4.69) is 24.5 Å². The largest absolute Gasteiger partial charge is 0.486 e. The molecule has 0 unspecified atom stereocenters. The molecule has 0 aliphatic carbocycles. The van der Waals surface area contributed by atoms with Crippen LogP contribution in [0, 0.1) is 11.8 Å². The van der Waals surface area contributed by atoms with Gasteiger partial charge in [0.15, 0.2) is 11.5 Å². The average Bonchev–Trinajstić information content (AvgIpc) is 2.66. The fraction of sp³-hybridized carbons (Fsp3) is 0.650. The summed E-state index contributed by atoms with van der Waals surface area (Å²) in [5.41, 5.74) is 1.08. The molecule has 0 bridgehead atoms. The zero-order chi connectivity index (χ0) is 17.6. The van der Waals surface area contributed by atoms with Crippen LogP contribution in [0.2, 0.25) is 0 Å². The third kappa shape index (κ3) is 4.66. The number of carbonyl (C=O) groups excluding carboxylic acids is 1. The quantitative estimate of drug-likeness (QED) is 0.831. The number of amides is 1. The van der Waals surface area contributed by atoms with E-state index < -0.39 is 0 Å². The monoisotopic (exact) mass is 346 g/mol. The summed E-state index contributed by atoms with van der Waals surface area (Å²) in [6.07, 6.45) is 3.88. The van der Waals surface area contributed by atoms with Crippen LogP contribution in [0.4, 0.5) is 0 Å². The molecule has 0 spiro atoms. The summed E-state index contributed by atoms with van der Waals surface area (Å²) in [4.78, 5) is 12.5. The minimum absolute atomic E-state index is 0.0139. The van der Waals surface area contributed by atoms with E-state index in [1.165, 1.54) is 12.8 Å². The van der Waals surface area contributed by atoms with Crippen LogP contribution in [0.25, 0.3) is 0 Å². The summed E-state index contributed by atoms with van der Waals surface area (Å²) in [6, 6.07) is 5.98. The lowest BCUT2D eigenvalue weighted by Crippen LogP contribution is -2.36. The molecular formula is C20H30N2O3. The highest BCUT2D eigenvalue weighted by Crippen LogP contribution is 2.33. The predicted octanol–water partition coefficient (Wildman–Crippen LogP) is 3.05. The molecule has 1 aromatic carbocycles. The van der Waals surface area contributed by atoms with Crippen molar-refractivity contribution >= 4 is 5.91 Å². The number of nitrogens with one attached hydrogen (secondary N) is 2. The zero-order valence-electron chi connectivity index (χ0n) is 15.3. The first-order chi connectivity index (χ1) is 12.2. The molecule has 2 heterocycles. The van der Waals surface area contributed by atoms with E-state index in [9.17, 15) is 4.79 Å². The van der Waals surface area contributed by atoms with Crippen molar-refractivity contribution in [2.24, 2.45) is 11.8 Å². The topological polar surface area (TPSA) is 59.6 Å². The number of carbonyl (C=O) groups is 1. The molecular weight excluding hydrogens is 316 g/mol. The minimum Gasteiger partial charge on any atom is -0.486 e. The molecule has 1 fully saturated rings. The lowest BCUT2D eigenvalue weighted by molar-refractivity contribution is -0.123. The van der Waals surface area contributed by atoms with Crippen LogP contribution < -0.4 is 20.1 Å². The maximum atomic E-state index is 12.5. The van der Waals surface area contributed by atoms with Gasteiger partial charge in [-0.2, -0.15) is 0 Å². The summed E-state index contributed by atoms with van der Waals surface area (Å²) in [7, 11) is 0. The summed E-state index contributed by atoms with van der Waals surface area (Å²) in [5, 5.41) is 6.64. The molecule has 0 aromatic heterocycles. The summed E-state index contributed by atoms with van der Waals surface area (Å²) in [6.45, 7) is 7.60. The van der Waals surface area contributed by atoms with Crippen LogP contribution >= 0.6 is 0 Å². The van der Waals surface area contributed by atoms with Gasteiger partial charge < -0.3 is 20.1 Å². The first-order valence-electron chi connectivity index (χ1n) is 9.57. The van der Waals surface area contributed by atoms with Crippen LogP contribution in [0.3, 0.4) is 0 Å². The second-order valence-electron chi connectivity index (χ2n) is 7.22. The number of fused-ring (bicyclic) bond motifs is 1. The van der Waals surface area contributed by atoms with Gasteiger partial charge in [0.05, 0.1) is 6.04 Å². The van der Waals surface area contributed by atoms with Crippen molar-refractivity contribution in [2.45, 2.75) is 45.6 Å². The van der Waals surface area contributed by atoms with Crippen molar-refractivity contribution in [2.75, 3.05) is 26.3 Å². The molecule has 0 saturated carbocycles. The van der Waals surface area contributed by atoms with Gasteiger partial charge in [-0.3, -0.25) is 4.79 Å². The Morgan fingerprint density at radius 3 is 2.84 bits per heavy atom. The van der Waals surface area contributed by atoms with Gasteiger partial charge >= 0.3 is 0 Å². The van der Waals surface area contributed by atoms with Gasteiger partial charge in [-0.05, 0) is 61.9 Å². The lowest BCUT2D eigenvalue weighted by atomic mass is 9.85. The lowest BCUT2D eigenvalue weighted by Gasteiger charge is -2.28. The third-order valence-corrected chi connectivity index (χ3v) is 5.36. The Labute approximate surface area is 150 Å². The van der Waals surface area contributed by atoms with Gasteiger partial charge in [0.2, 0.25) is 5.91 Å². The standard InChI is InChI=1S/C20H30N2O3/c1-3-17(15-6-7-18-19(12-15)25-10-9-24-18)22-20(23)11-14(2)16-5-4-8-21-13-16/h6-7,12,14,16-17,21H,3-5,8-11,13H2,1-2H3,(H,22,23)/t14-,16-,17+/m1/s1. The minimum atomic E-state index is 0.0139. The number of ether oxygens (including phenoxy) is 2.